The van der Waals surface area contributed by atoms with Crippen LogP contribution < -0.4 is 9.88 Å². The molecule has 0 amide bonds. The molecule has 4 rings (SSSR count). The van der Waals surface area contributed by atoms with E-state index in [1.807, 2.05) is 45.0 Å². The molecule has 4 aromatic rings. The van der Waals surface area contributed by atoms with E-state index in [0.29, 0.717) is 21.7 Å². The lowest BCUT2D eigenvalue weighted by Crippen LogP contribution is -2.29. The zero-order valence-corrected chi connectivity index (χ0v) is 23.3. The molecule has 2 aromatic carbocycles. The smallest absolute Gasteiger partial charge is 0.307 e. The van der Waals surface area contributed by atoms with E-state index in [1.54, 1.807) is 24.4 Å². The lowest BCUT2D eigenvalue weighted by atomic mass is 9.89. The molecule has 0 aliphatic carbocycles. The number of aliphatic carboxylic acids is 1. The van der Waals surface area contributed by atoms with E-state index in [4.69, 9.17) is 9.88 Å². The van der Waals surface area contributed by atoms with Gasteiger partial charge in [-0.1, -0.05) is 48.9 Å². The zero-order chi connectivity index (χ0) is 28.3. The zero-order valence-electron chi connectivity index (χ0n) is 21.6. The van der Waals surface area contributed by atoms with Crippen molar-refractivity contribution in [2.45, 2.75) is 50.6 Å². The third-order valence-corrected chi connectivity index (χ3v) is 8.51. The van der Waals surface area contributed by atoms with Gasteiger partial charge in [-0.05, 0) is 43.0 Å². The van der Waals surface area contributed by atoms with Gasteiger partial charge in [-0.25, -0.2) is 23.2 Å². The monoisotopic (exact) mass is 571 g/mol. The number of hydrogen-bond acceptors (Lipinski definition) is 9. The maximum absolute atomic E-state index is 13.3. The van der Waals surface area contributed by atoms with Crippen LogP contribution in [0.2, 0.25) is 0 Å². The molecule has 2 aromatic heterocycles. The van der Waals surface area contributed by atoms with Crippen LogP contribution in [-0.2, 0) is 32.6 Å². The van der Waals surface area contributed by atoms with Gasteiger partial charge in [0.15, 0.2) is 5.78 Å². The van der Waals surface area contributed by atoms with Gasteiger partial charge in [0.25, 0.3) is 10.0 Å². The number of ketones is 1. The number of carbonyl (C=O) groups is 2. The average molecular weight is 572 g/mol. The molecule has 11 nitrogen and oxygen atoms in total. The molecule has 39 heavy (non-hydrogen) atoms. The highest BCUT2D eigenvalue weighted by Gasteiger charge is 2.30. The lowest BCUT2D eigenvalue weighted by molar-refractivity contribution is -0.144. The fourth-order valence-corrected chi connectivity index (χ4v) is 5.90. The second-order valence-electron chi connectivity index (χ2n) is 9.72. The summed E-state index contributed by atoms with van der Waals surface area (Å²) in [6.45, 7) is 5.75. The number of primary sulfonamides is 1. The molecule has 13 heteroatoms. The number of ether oxygens (including phenoxy) is 1. The molecule has 0 fully saturated rings. The number of rotatable bonds is 12. The first kappa shape index (κ1) is 28.3. The van der Waals surface area contributed by atoms with E-state index < -0.39 is 28.0 Å². The number of fused-ring (bicyclic) bond motifs is 1. The molecule has 0 aliphatic heterocycles. The number of benzene rings is 2. The van der Waals surface area contributed by atoms with Gasteiger partial charge in [0.05, 0.1) is 22.3 Å². The summed E-state index contributed by atoms with van der Waals surface area (Å²) in [6, 6.07) is 11.9. The van der Waals surface area contributed by atoms with Crippen LogP contribution >= 0.6 is 11.3 Å². The molecule has 0 aliphatic rings. The third-order valence-electron chi connectivity index (χ3n) is 6.17. The van der Waals surface area contributed by atoms with E-state index in [2.05, 4.69) is 15.3 Å². The van der Waals surface area contributed by atoms with Crippen LogP contribution in [0.4, 0.5) is 0 Å². The molecule has 0 saturated carbocycles. The predicted octanol–water partition coefficient (Wildman–Crippen LogP) is 3.52. The van der Waals surface area contributed by atoms with Gasteiger partial charge in [-0.15, -0.1) is 16.4 Å². The Morgan fingerprint density at radius 3 is 2.51 bits per heavy atom. The fraction of sp³-hybridized carbons (Fsp3) is 0.346. The van der Waals surface area contributed by atoms with Crippen molar-refractivity contribution in [1.29, 1.82) is 0 Å². The Hall–Kier alpha value is -3.68. The molecule has 0 saturated heterocycles. The number of nitrogens with zero attached hydrogens (tertiary/aromatic N) is 4. The number of carboxylic acid groups (broad SMARTS) is 1. The summed E-state index contributed by atoms with van der Waals surface area (Å²) in [5.74, 6) is -1.79. The number of sulfonamides is 1. The minimum absolute atomic E-state index is 0.0521. The number of nitrogens with two attached hydrogens (primary N) is 1. The highest BCUT2D eigenvalue weighted by molar-refractivity contribution is 7.91. The van der Waals surface area contributed by atoms with Crippen molar-refractivity contribution in [1.82, 2.24) is 20.0 Å². The van der Waals surface area contributed by atoms with Crippen molar-refractivity contribution < 1.29 is 27.9 Å². The number of hydrogen-bond donors (Lipinski definition) is 2. The Kier molecular flexibility index (Phi) is 8.42. The van der Waals surface area contributed by atoms with Gasteiger partial charge in [-0.3, -0.25) is 9.59 Å². The number of aromatic nitrogens is 4. The van der Waals surface area contributed by atoms with Gasteiger partial charge < -0.3 is 9.84 Å². The average Bonchev–Trinajstić information content (AvgIpc) is 3.50. The Labute approximate surface area is 229 Å². The molecular weight excluding hydrogens is 542 g/mol. The first-order chi connectivity index (χ1) is 18.4. The van der Waals surface area contributed by atoms with Crippen LogP contribution in [0, 0.1) is 18.8 Å². The Morgan fingerprint density at radius 1 is 1.15 bits per heavy atom. The summed E-state index contributed by atoms with van der Waals surface area (Å²) in [6.07, 6.45) is 1.74. The quantitative estimate of drug-likeness (QED) is 0.258. The molecule has 3 N–H and O–H groups in total. The number of carbonyl (C=O) groups excluding carboxylic acids is 1. The maximum atomic E-state index is 13.3. The predicted molar refractivity (Wildman–Crippen MR) is 145 cm³/mol. The SMILES string of the molecule is Cc1ccc(C[C@H](CC(=O)[C@H](C(C)C)n2cc(COc3ccc4nc(S(N)(=O)=O)sc4c3)nn2)C(=O)O)cc1. The van der Waals surface area contributed by atoms with Crippen LogP contribution in [-0.4, -0.2) is 45.3 Å². The molecule has 0 bridgehead atoms. The summed E-state index contributed by atoms with van der Waals surface area (Å²) < 4.78 is 30.8. The first-order valence-corrected chi connectivity index (χ1v) is 14.5. The highest BCUT2D eigenvalue weighted by Crippen LogP contribution is 2.29. The van der Waals surface area contributed by atoms with Crippen molar-refractivity contribution in [3.8, 4) is 5.75 Å². The van der Waals surface area contributed by atoms with E-state index in [9.17, 15) is 23.1 Å². The number of carboxylic acids is 1. The molecule has 0 unspecified atom stereocenters. The second-order valence-corrected chi connectivity index (χ2v) is 12.5. The molecule has 2 heterocycles. The number of thiazole rings is 1. The molecule has 0 radical (unpaired) electrons. The topological polar surface area (TPSA) is 167 Å². The minimum Gasteiger partial charge on any atom is -0.487 e. The van der Waals surface area contributed by atoms with Crippen LogP contribution in [0.25, 0.3) is 10.2 Å². The van der Waals surface area contributed by atoms with E-state index in [-0.39, 0.29) is 35.5 Å². The molecule has 2 atom stereocenters. The summed E-state index contributed by atoms with van der Waals surface area (Å²) in [4.78, 5) is 29.3. The first-order valence-electron chi connectivity index (χ1n) is 12.2. The summed E-state index contributed by atoms with van der Waals surface area (Å²) in [7, 11) is -3.90. The highest BCUT2D eigenvalue weighted by atomic mass is 32.2. The van der Waals surface area contributed by atoms with Crippen molar-refractivity contribution in [2.75, 3.05) is 0 Å². The summed E-state index contributed by atoms with van der Waals surface area (Å²) in [5.41, 5.74) is 2.90. The van der Waals surface area contributed by atoms with Crippen molar-refractivity contribution in [3.63, 3.8) is 0 Å². The van der Waals surface area contributed by atoms with Crippen LogP contribution in [0.15, 0.2) is 53.0 Å². The van der Waals surface area contributed by atoms with E-state index >= 15 is 0 Å². The Bertz CT molecular complexity index is 1590. The van der Waals surface area contributed by atoms with Crippen molar-refractivity contribution in [2.24, 2.45) is 17.0 Å². The standard InChI is InChI=1S/C26H29N5O6S2/c1-15(2)24(22(32)11-18(25(33)34)10-17-6-4-16(3)5-7-17)31-13-19(29-30-31)14-37-20-8-9-21-23(12-20)38-26(28-21)39(27,35)36/h4-9,12-13,15,18,24H,10-11,14H2,1-3H3,(H,33,34)(H2,27,35,36)/t18-,24+/m1/s1. The van der Waals surface area contributed by atoms with Gasteiger partial charge >= 0.3 is 5.97 Å². The second kappa shape index (κ2) is 11.6. The number of Topliss-reactive ketones (excluding diaryl/α,β-unsaturated/α-hetero) is 1. The molecular formula is C26H29N5O6S2. The minimum atomic E-state index is -3.90. The Morgan fingerprint density at radius 2 is 1.87 bits per heavy atom. The van der Waals surface area contributed by atoms with Crippen LogP contribution in [0.1, 0.15) is 43.1 Å². The largest absolute Gasteiger partial charge is 0.487 e. The van der Waals surface area contributed by atoms with Crippen LogP contribution in [0.3, 0.4) is 0 Å². The van der Waals surface area contributed by atoms with Gasteiger partial charge in [0.1, 0.15) is 24.1 Å². The van der Waals surface area contributed by atoms with E-state index in [1.165, 1.54) is 4.68 Å². The fourth-order valence-electron chi connectivity index (χ4n) is 4.21. The Balaban J connectivity index is 1.43. The van der Waals surface area contributed by atoms with E-state index in [0.717, 1.165) is 22.5 Å². The van der Waals surface area contributed by atoms with Gasteiger partial charge in [0, 0.05) is 6.42 Å². The van der Waals surface area contributed by atoms with Gasteiger partial charge in [0.2, 0.25) is 4.34 Å². The summed E-state index contributed by atoms with van der Waals surface area (Å²) >= 11 is 0.947. The maximum Gasteiger partial charge on any atom is 0.307 e. The summed E-state index contributed by atoms with van der Waals surface area (Å²) in [5, 5.41) is 23.2. The van der Waals surface area contributed by atoms with Crippen LogP contribution in [0.5, 0.6) is 5.75 Å². The number of aryl methyl sites for hydroxylation is 1. The van der Waals surface area contributed by atoms with Crippen molar-refractivity contribution in [3.05, 3.63) is 65.5 Å². The molecule has 206 valence electrons. The lowest BCUT2D eigenvalue weighted by Gasteiger charge is -2.21. The molecule has 0 spiro atoms. The van der Waals surface area contributed by atoms with Gasteiger partial charge in [-0.2, -0.15) is 0 Å². The third kappa shape index (κ3) is 7.05. The normalized spacial score (nSPS) is 13.5. The van der Waals surface area contributed by atoms with Crippen molar-refractivity contribution >= 4 is 43.3 Å².